The van der Waals surface area contributed by atoms with E-state index in [9.17, 15) is 4.39 Å². The number of hydrogen-bond acceptors (Lipinski definition) is 3. The molecule has 3 N–H and O–H groups in total. The highest BCUT2D eigenvalue weighted by atomic mass is 19.1. The molecule has 1 unspecified atom stereocenters. The highest BCUT2D eigenvalue weighted by molar-refractivity contribution is 5.29. The normalized spacial score (nSPS) is 12.8. The number of hydrogen-bond donors (Lipinski definition) is 2. The molecule has 0 spiro atoms. The molecule has 0 aliphatic carbocycles. The van der Waals surface area contributed by atoms with Crippen LogP contribution >= 0.6 is 0 Å². The van der Waals surface area contributed by atoms with Gasteiger partial charge in [-0.15, -0.1) is 0 Å². The molecule has 16 heavy (non-hydrogen) atoms. The maximum Gasteiger partial charge on any atom is 0.123 e. The molecule has 1 aromatic carbocycles. The van der Waals surface area contributed by atoms with Gasteiger partial charge in [0.15, 0.2) is 0 Å². The van der Waals surface area contributed by atoms with Crippen molar-refractivity contribution in [2.24, 2.45) is 5.84 Å². The van der Waals surface area contributed by atoms with Crippen LogP contribution in [0.2, 0.25) is 0 Å². The van der Waals surface area contributed by atoms with Crippen molar-refractivity contribution >= 4 is 0 Å². The lowest BCUT2D eigenvalue weighted by molar-refractivity contribution is 0.188. The average molecular weight is 226 g/mol. The molecule has 90 valence electrons. The number of nitrogens with one attached hydrogen (secondary N) is 1. The van der Waals surface area contributed by atoms with Crippen molar-refractivity contribution in [3.63, 3.8) is 0 Å². The molecule has 0 aliphatic rings. The zero-order valence-corrected chi connectivity index (χ0v) is 9.79. The summed E-state index contributed by atoms with van der Waals surface area (Å²) in [7, 11) is 1.66. The average Bonchev–Trinajstić information content (AvgIpc) is 2.28. The van der Waals surface area contributed by atoms with Crippen molar-refractivity contribution in [2.75, 3.05) is 13.7 Å². The fourth-order valence-corrected chi connectivity index (χ4v) is 1.75. The minimum absolute atomic E-state index is 0.0224. The van der Waals surface area contributed by atoms with Crippen molar-refractivity contribution in [1.82, 2.24) is 5.43 Å². The van der Waals surface area contributed by atoms with E-state index < -0.39 is 0 Å². The maximum atomic E-state index is 13.1. The van der Waals surface area contributed by atoms with Crippen LogP contribution in [0.1, 0.15) is 30.0 Å². The Hall–Kier alpha value is -0.970. The monoisotopic (exact) mass is 226 g/mol. The highest BCUT2D eigenvalue weighted by Crippen LogP contribution is 2.22. The standard InChI is InChI=1S/C12H19FN2O/c1-9-5-6-10(13)8-11(9)12(15-14)4-3-7-16-2/h5-6,8,12,15H,3-4,7,14H2,1-2H3. The van der Waals surface area contributed by atoms with Gasteiger partial charge in [-0.2, -0.15) is 0 Å². The zero-order chi connectivity index (χ0) is 12.0. The van der Waals surface area contributed by atoms with E-state index in [1.54, 1.807) is 13.2 Å². The van der Waals surface area contributed by atoms with Crippen LogP contribution < -0.4 is 11.3 Å². The summed E-state index contributed by atoms with van der Waals surface area (Å²) in [5.41, 5.74) is 4.68. The number of methoxy groups -OCH3 is 1. The van der Waals surface area contributed by atoms with Gasteiger partial charge in [-0.05, 0) is 43.0 Å². The first-order valence-electron chi connectivity index (χ1n) is 5.40. The van der Waals surface area contributed by atoms with Gasteiger partial charge in [0.25, 0.3) is 0 Å². The van der Waals surface area contributed by atoms with Crippen LogP contribution in [0.5, 0.6) is 0 Å². The summed E-state index contributed by atoms with van der Waals surface area (Å²) in [5, 5.41) is 0. The number of rotatable bonds is 6. The summed E-state index contributed by atoms with van der Waals surface area (Å²) in [6.07, 6.45) is 1.72. The minimum atomic E-state index is -0.229. The fraction of sp³-hybridized carbons (Fsp3) is 0.500. The third-order valence-electron chi connectivity index (χ3n) is 2.66. The molecule has 3 nitrogen and oxygen atoms in total. The van der Waals surface area contributed by atoms with E-state index in [0.717, 1.165) is 24.0 Å². The predicted octanol–water partition coefficient (Wildman–Crippen LogP) is 2.07. The Labute approximate surface area is 95.8 Å². The largest absolute Gasteiger partial charge is 0.385 e. The smallest absolute Gasteiger partial charge is 0.123 e. The number of ether oxygens (including phenoxy) is 1. The van der Waals surface area contributed by atoms with Gasteiger partial charge in [0.1, 0.15) is 5.82 Å². The van der Waals surface area contributed by atoms with Crippen LogP contribution in [0.25, 0.3) is 0 Å². The molecular weight excluding hydrogens is 207 g/mol. The first-order chi connectivity index (χ1) is 7.69. The second kappa shape index (κ2) is 6.58. The summed E-state index contributed by atoms with van der Waals surface area (Å²) in [5.74, 6) is 5.26. The van der Waals surface area contributed by atoms with Crippen molar-refractivity contribution in [3.8, 4) is 0 Å². The van der Waals surface area contributed by atoms with E-state index in [-0.39, 0.29) is 11.9 Å². The Kier molecular flexibility index (Phi) is 5.38. The summed E-state index contributed by atoms with van der Waals surface area (Å²) in [6, 6.07) is 4.74. The molecule has 4 heteroatoms. The van der Waals surface area contributed by atoms with E-state index in [1.165, 1.54) is 12.1 Å². The van der Waals surface area contributed by atoms with Crippen LogP contribution in [0.4, 0.5) is 4.39 Å². The first-order valence-corrected chi connectivity index (χ1v) is 5.40. The summed E-state index contributed by atoms with van der Waals surface area (Å²) in [6.45, 7) is 2.64. The molecule has 0 saturated heterocycles. The van der Waals surface area contributed by atoms with Crippen molar-refractivity contribution < 1.29 is 9.13 Å². The number of halogens is 1. The zero-order valence-electron chi connectivity index (χ0n) is 9.79. The topological polar surface area (TPSA) is 47.3 Å². The highest BCUT2D eigenvalue weighted by Gasteiger charge is 2.12. The van der Waals surface area contributed by atoms with E-state index in [2.05, 4.69) is 5.43 Å². The lowest BCUT2D eigenvalue weighted by atomic mass is 9.98. The Bertz CT molecular complexity index is 331. The lowest BCUT2D eigenvalue weighted by Gasteiger charge is -2.18. The van der Waals surface area contributed by atoms with Crippen LogP contribution in [0.15, 0.2) is 18.2 Å². The van der Waals surface area contributed by atoms with E-state index >= 15 is 0 Å². The molecule has 0 radical (unpaired) electrons. The van der Waals surface area contributed by atoms with Gasteiger partial charge in [-0.3, -0.25) is 11.3 Å². The fourth-order valence-electron chi connectivity index (χ4n) is 1.75. The molecule has 1 atom stereocenters. The van der Waals surface area contributed by atoms with Gasteiger partial charge in [0, 0.05) is 19.8 Å². The van der Waals surface area contributed by atoms with Crippen LogP contribution in [-0.4, -0.2) is 13.7 Å². The molecule has 1 aromatic rings. The Morgan fingerprint density at radius 3 is 2.88 bits per heavy atom. The maximum absolute atomic E-state index is 13.1. The van der Waals surface area contributed by atoms with Gasteiger partial charge in [-0.1, -0.05) is 6.07 Å². The van der Waals surface area contributed by atoms with Crippen LogP contribution in [0, 0.1) is 12.7 Å². The summed E-state index contributed by atoms with van der Waals surface area (Å²) < 4.78 is 18.1. The van der Waals surface area contributed by atoms with Gasteiger partial charge in [-0.25, -0.2) is 4.39 Å². The van der Waals surface area contributed by atoms with E-state index in [1.807, 2.05) is 6.92 Å². The molecule has 0 amide bonds. The Morgan fingerprint density at radius 1 is 1.50 bits per heavy atom. The first kappa shape index (κ1) is 13.1. The molecule has 0 fully saturated rings. The summed E-state index contributed by atoms with van der Waals surface area (Å²) in [4.78, 5) is 0. The quantitative estimate of drug-likeness (QED) is 0.443. The third kappa shape index (κ3) is 3.56. The van der Waals surface area contributed by atoms with Crippen LogP contribution in [0.3, 0.4) is 0 Å². The second-order valence-electron chi connectivity index (χ2n) is 3.86. The van der Waals surface area contributed by atoms with Crippen molar-refractivity contribution in [3.05, 3.63) is 35.1 Å². The number of benzene rings is 1. The second-order valence-corrected chi connectivity index (χ2v) is 3.86. The molecule has 1 rings (SSSR count). The van der Waals surface area contributed by atoms with Crippen LogP contribution in [-0.2, 0) is 4.74 Å². The molecule has 0 aromatic heterocycles. The van der Waals surface area contributed by atoms with Gasteiger partial charge >= 0.3 is 0 Å². The molecule has 0 aliphatic heterocycles. The lowest BCUT2D eigenvalue weighted by Crippen LogP contribution is -2.28. The minimum Gasteiger partial charge on any atom is -0.385 e. The van der Waals surface area contributed by atoms with Crippen molar-refractivity contribution in [1.29, 1.82) is 0 Å². The Balaban J connectivity index is 2.73. The van der Waals surface area contributed by atoms with E-state index in [4.69, 9.17) is 10.6 Å². The van der Waals surface area contributed by atoms with Gasteiger partial charge < -0.3 is 4.74 Å². The molecular formula is C12H19FN2O. The van der Waals surface area contributed by atoms with E-state index in [0.29, 0.717) is 6.61 Å². The number of aryl methyl sites for hydroxylation is 1. The predicted molar refractivity (Wildman–Crippen MR) is 62.3 cm³/mol. The third-order valence-corrected chi connectivity index (χ3v) is 2.66. The van der Waals surface area contributed by atoms with Gasteiger partial charge in [0.05, 0.1) is 0 Å². The summed E-state index contributed by atoms with van der Waals surface area (Å²) >= 11 is 0. The van der Waals surface area contributed by atoms with Crippen molar-refractivity contribution in [2.45, 2.75) is 25.8 Å². The molecule has 0 bridgehead atoms. The SMILES string of the molecule is COCCCC(NN)c1cc(F)ccc1C. The number of hydrazine groups is 1. The Morgan fingerprint density at radius 2 is 2.25 bits per heavy atom. The van der Waals surface area contributed by atoms with Gasteiger partial charge in [0.2, 0.25) is 0 Å². The molecule has 0 saturated carbocycles. The number of nitrogens with two attached hydrogens (primary N) is 1. The molecule has 0 heterocycles.